The molecule has 0 saturated carbocycles. The lowest BCUT2D eigenvalue weighted by atomic mass is 10.1. The zero-order valence-electron chi connectivity index (χ0n) is 13.2. The van der Waals surface area contributed by atoms with E-state index in [4.69, 9.17) is 0 Å². The molecule has 0 amide bonds. The average Bonchev–Trinajstić information content (AvgIpc) is 2.90. The Bertz CT molecular complexity index is 806. The summed E-state index contributed by atoms with van der Waals surface area (Å²) in [4.78, 5) is 28.0. The Balaban J connectivity index is 1.86. The Hall–Kier alpha value is -2.63. The summed E-state index contributed by atoms with van der Waals surface area (Å²) in [6.07, 6.45) is 2.59. The normalized spacial score (nSPS) is 16.2. The number of hydrogen-bond acceptors (Lipinski definition) is 4. The second-order valence-electron chi connectivity index (χ2n) is 6.02. The molecule has 1 atom stereocenters. The maximum atomic E-state index is 12.5. The van der Waals surface area contributed by atoms with Gasteiger partial charge in [-0.3, -0.25) is 9.36 Å². The van der Waals surface area contributed by atoms with Gasteiger partial charge in [0.2, 0.25) is 0 Å². The predicted molar refractivity (Wildman–Crippen MR) is 86.7 cm³/mol. The summed E-state index contributed by atoms with van der Waals surface area (Å²) in [6, 6.07) is 5.39. The number of fused-ring (bicyclic) bond motifs is 1. The van der Waals surface area contributed by atoms with E-state index in [1.54, 1.807) is 6.20 Å². The topological polar surface area (TPSA) is 84.2 Å². The number of carboxylic acid groups (broad SMARTS) is 1. The summed E-state index contributed by atoms with van der Waals surface area (Å²) in [7, 11) is 0. The van der Waals surface area contributed by atoms with Crippen LogP contribution in [-0.4, -0.2) is 20.6 Å². The molecule has 3 rings (SSSR count). The van der Waals surface area contributed by atoms with Gasteiger partial charge in [-0.05, 0) is 32.3 Å². The van der Waals surface area contributed by atoms with Gasteiger partial charge in [-0.25, -0.2) is 9.78 Å². The number of nitrogens with zero attached hydrogens (tertiary/aromatic N) is 2. The van der Waals surface area contributed by atoms with Crippen molar-refractivity contribution in [2.45, 2.75) is 39.3 Å². The van der Waals surface area contributed by atoms with Crippen LogP contribution in [0.5, 0.6) is 0 Å². The minimum atomic E-state index is -0.975. The summed E-state index contributed by atoms with van der Waals surface area (Å²) in [6.45, 7) is 4.52. The van der Waals surface area contributed by atoms with E-state index in [9.17, 15) is 14.7 Å². The summed E-state index contributed by atoms with van der Waals surface area (Å²) in [5.41, 5.74) is 3.69. The third kappa shape index (κ3) is 2.97. The van der Waals surface area contributed by atoms with Crippen LogP contribution in [0, 0.1) is 13.8 Å². The van der Waals surface area contributed by atoms with Crippen LogP contribution in [0.15, 0.2) is 29.2 Å². The highest BCUT2D eigenvalue weighted by Crippen LogP contribution is 2.23. The molecule has 0 radical (unpaired) electrons. The molecule has 2 aromatic rings. The fourth-order valence-electron chi connectivity index (χ4n) is 3.15. The molecule has 6 heteroatoms. The molecule has 120 valence electrons. The van der Waals surface area contributed by atoms with Gasteiger partial charge >= 0.3 is 5.97 Å². The number of aromatic nitrogens is 2. The number of aliphatic carboxylic acids is 1. The van der Waals surface area contributed by atoms with Crippen LogP contribution in [0.3, 0.4) is 0 Å². The molecule has 1 aliphatic rings. The summed E-state index contributed by atoms with van der Waals surface area (Å²) in [5.74, 6) is -0.779. The van der Waals surface area contributed by atoms with Gasteiger partial charge < -0.3 is 10.4 Å². The Kier molecular flexibility index (Phi) is 3.90. The Labute approximate surface area is 133 Å². The lowest BCUT2D eigenvalue weighted by molar-refractivity contribution is -0.140. The van der Waals surface area contributed by atoms with Gasteiger partial charge in [0.1, 0.15) is 6.04 Å². The highest BCUT2D eigenvalue weighted by atomic mass is 16.4. The zero-order valence-corrected chi connectivity index (χ0v) is 13.2. The van der Waals surface area contributed by atoms with E-state index in [0.29, 0.717) is 25.1 Å². The number of carbonyl (C=O) groups is 1. The Morgan fingerprint density at radius 1 is 1.35 bits per heavy atom. The Morgan fingerprint density at radius 2 is 2.04 bits per heavy atom. The number of nitrogens with one attached hydrogen (secondary N) is 1. The second-order valence-corrected chi connectivity index (χ2v) is 6.02. The van der Waals surface area contributed by atoms with Crippen LogP contribution in [0.25, 0.3) is 0 Å². The second kappa shape index (κ2) is 5.87. The van der Waals surface area contributed by atoms with Crippen molar-refractivity contribution in [3.63, 3.8) is 0 Å². The largest absolute Gasteiger partial charge is 0.480 e. The summed E-state index contributed by atoms with van der Waals surface area (Å²) >= 11 is 0. The van der Waals surface area contributed by atoms with Crippen LogP contribution in [-0.2, 0) is 17.8 Å². The van der Waals surface area contributed by atoms with E-state index >= 15 is 0 Å². The van der Waals surface area contributed by atoms with Crippen LogP contribution in [0.2, 0.25) is 0 Å². The van der Waals surface area contributed by atoms with Gasteiger partial charge in [0.05, 0.1) is 0 Å². The van der Waals surface area contributed by atoms with Crippen molar-refractivity contribution in [2.24, 2.45) is 0 Å². The molecular weight excluding hydrogens is 294 g/mol. The molecular formula is C17H19N3O3. The lowest BCUT2D eigenvalue weighted by Gasteiger charge is -2.12. The molecule has 6 nitrogen and oxygen atoms in total. The molecule has 0 spiro atoms. The first kappa shape index (κ1) is 15.3. The number of rotatable bonds is 4. The lowest BCUT2D eigenvalue weighted by Crippen LogP contribution is -2.30. The van der Waals surface area contributed by atoms with Crippen LogP contribution in [0.1, 0.15) is 34.8 Å². The van der Waals surface area contributed by atoms with E-state index < -0.39 is 12.0 Å². The van der Waals surface area contributed by atoms with Gasteiger partial charge in [-0.1, -0.05) is 29.3 Å². The van der Waals surface area contributed by atoms with Gasteiger partial charge in [-0.15, -0.1) is 0 Å². The number of aryl methyl sites for hydroxylation is 3. The molecule has 0 fully saturated rings. The molecule has 0 aliphatic carbocycles. The van der Waals surface area contributed by atoms with E-state index in [0.717, 1.165) is 16.7 Å². The first-order valence-corrected chi connectivity index (χ1v) is 7.60. The number of benzene rings is 1. The summed E-state index contributed by atoms with van der Waals surface area (Å²) < 4.78 is 1.35. The molecule has 0 unspecified atom stereocenters. The van der Waals surface area contributed by atoms with E-state index in [1.807, 2.05) is 26.0 Å². The molecule has 2 N–H and O–H groups in total. The van der Waals surface area contributed by atoms with Crippen molar-refractivity contribution < 1.29 is 9.90 Å². The van der Waals surface area contributed by atoms with Crippen molar-refractivity contribution in [1.82, 2.24) is 9.55 Å². The van der Waals surface area contributed by atoms with Crippen molar-refractivity contribution >= 4 is 11.8 Å². The molecule has 23 heavy (non-hydrogen) atoms. The standard InChI is InChI=1S/C17H19N3O3/c1-10-5-11(2)7-12(6-10)8-18-15-16(21)20-13(9-19-15)3-4-14(20)17(22)23/h5-7,9,14H,3-4,8H2,1-2H3,(H,18,19)(H,22,23)/t14-/m0/s1. The van der Waals surface area contributed by atoms with Crippen molar-refractivity contribution in [1.29, 1.82) is 0 Å². The first-order chi connectivity index (χ1) is 11.0. The highest BCUT2D eigenvalue weighted by Gasteiger charge is 2.30. The number of anilines is 1. The fourth-order valence-corrected chi connectivity index (χ4v) is 3.15. The molecule has 1 aromatic heterocycles. The van der Waals surface area contributed by atoms with Gasteiger partial charge in [-0.2, -0.15) is 0 Å². The van der Waals surface area contributed by atoms with E-state index in [1.165, 1.54) is 4.57 Å². The predicted octanol–water partition coefficient (Wildman–Crippen LogP) is 2.04. The average molecular weight is 313 g/mol. The minimum Gasteiger partial charge on any atom is -0.480 e. The van der Waals surface area contributed by atoms with Gasteiger partial charge in [0.15, 0.2) is 5.82 Å². The van der Waals surface area contributed by atoms with Crippen molar-refractivity contribution in [3.8, 4) is 0 Å². The fraction of sp³-hybridized carbons (Fsp3) is 0.353. The van der Waals surface area contributed by atoms with Crippen molar-refractivity contribution in [3.05, 3.63) is 57.1 Å². The first-order valence-electron chi connectivity index (χ1n) is 7.60. The number of carboxylic acids is 1. The SMILES string of the molecule is Cc1cc(C)cc(CNc2ncc3n(c2=O)[C@H](C(=O)O)CC3)c1. The van der Waals surface area contributed by atoms with Gasteiger partial charge in [0, 0.05) is 18.4 Å². The third-order valence-corrected chi connectivity index (χ3v) is 4.09. The molecule has 1 aliphatic heterocycles. The van der Waals surface area contributed by atoms with E-state index in [-0.39, 0.29) is 11.4 Å². The van der Waals surface area contributed by atoms with Gasteiger partial charge in [0.25, 0.3) is 5.56 Å². The molecule has 0 bridgehead atoms. The highest BCUT2D eigenvalue weighted by molar-refractivity contribution is 5.72. The number of hydrogen-bond donors (Lipinski definition) is 2. The minimum absolute atomic E-state index is 0.195. The van der Waals surface area contributed by atoms with E-state index in [2.05, 4.69) is 16.4 Å². The quantitative estimate of drug-likeness (QED) is 0.902. The monoisotopic (exact) mass is 313 g/mol. The third-order valence-electron chi connectivity index (χ3n) is 4.09. The smallest absolute Gasteiger partial charge is 0.326 e. The van der Waals surface area contributed by atoms with Crippen LogP contribution >= 0.6 is 0 Å². The molecule has 0 saturated heterocycles. The maximum Gasteiger partial charge on any atom is 0.326 e. The molecule has 2 heterocycles. The summed E-state index contributed by atoms with van der Waals surface area (Å²) in [5, 5.41) is 12.3. The van der Waals surface area contributed by atoms with Crippen LogP contribution < -0.4 is 10.9 Å². The molecule has 1 aromatic carbocycles. The zero-order chi connectivity index (χ0) is 16.6. The van der Waals surface area contributed by atoms with Crippen molar-refractivity contribution in [2.75, 3.05) is 5.32 Å². The maximum absolute atomic E-state index is 12.5. The Morgan fingerprint density at radius 3 is 2.70 bits per heavy atom. The van der Waals surface area contributed by atoms with Crippen LogP contribution in [0.4, 0.5) is 5.82 Å².